The fraction of sp³-hybridized carbons (Fsp3) is 0.556. The molecule has 3 aliphatic rings. The average molecular weight is 317 g/mol. The second-order valence-electron chi connectivity index (χ2n) is 6.53. The number of aliphatic hydroxyl groups is 1. The first-order valence-corrected chi connectivity index (χ1v) is 8.08. The Morgan fingerprint density at radius 2 is 1.87 bits per heavy atom. The number of nitrogens with zero attached hydrogens (tertiary/aromatic N) is 1. The van der Waals surface area contributed by atoms with E-state index < -0.39 is 6.10 Å². The van der Waals surface area contributed by atoms with Crippen LogP contribution in [-0.4, -0.2) is 56.1 Å². The van der Waals surface area contributed by atoms with E-state index in [0.29, 0.717) is 6.04 Å². The van der Waals surface area contributed by atoms with Crippen LogP contribution < -0.4 is 9.47 Å². The zero-order valence-electron chi connectivity index (χ0n) is 13.8. The molecule has 0 unspecified atom stereocenters. The van der Waals surface area contributed by atoms with E-state index in [1.165, 1.54) is 16.7 Å². The second kappa shape index (κ2) is 5.51. The third-order valence-corrected chi connectivity index (χ3v) is 5.53. The van der Waals surface area contributed by atoms with Gasteiger partial charge >= 0.3 is 0 Å². The Kier molecular flexibility index (Phi) is 3.59. The monoisotopic (exact) mass is 317 g/mol. The highest BCUT2D eigenvalue weighted by Gasteiger charge is 2.49. The maximum absolute atomic E-state index is 10.5. The summed E-state index contributed by atoms with van der Waals surface area (Å²) < 4.78 is 16.6. The predicted octanol–water partition coefficient (Wildman–Crippen LogP) is 1.69. The summed E-state index contributed by atoms with van der Waals surface area (Å²) in [6.45, 7) is 1.94. The van der Waals surface area contributed by atoms with E-state index in [9.17, 15) is 5.11 Å². The molecule has 1 aromatic carbocycles. The molecule has 0 radical (unpaired) electrons. The van der Waals surface area contributed by atoms with Gasteiger partial charge in [0.05, 0.1) is 26.4 Å². The van der Waals surface area contributed by atoms with Crippen molar-refractivity contribution < 1.29 is 19.3 Å². The van der Waals surface area contributed by atoms with Gasteiger partial charge in [0.15, 0.2) is 11.5 Å². The van der Waals surface area contributed by atoms with Crippen molar-refractivity contribution in [3.8, 4) is 11.5 Å². The normalized spacial score (nSPS) is 32.1. The number of fused-ring (bicyclic) bond motifs is 2. The molecule has 0 amide bonds. The van der Waals surface area contributed by atoms with Crippen LogP contribution in [0, 0.1) is 0 Å². The van der Waals surface area contributed by atoms with Crippen LogP contribution >= 0.6 is 0 Å². The third kappa shape index (κ3) is 2.11. The van der Waals surface area contributed by atoms with Gasteiger partial charge in [-0.3, -0.25) is 4.90 Å². The maximum atomic E-state index is 10.5. The fourth-order valence-corrected chi connectivity index (χ4v) is 4.55. The molecule has 4 atom stereocenters. The van der Waals surface area contributed by atoms with Gasteiger partial charge < -0.3 is 19.3 Å². The number of rotatable bonds is 3. The van der Waals surface area contributed by atoms with Crippen LogP contribution in [0.1, 0.15) is 23.5 Å². The molecule has 4 rings (SSSR count). The summed E-state index contributed by atoms with van der Waals surface area (Å²) in [7, 11) is 5.00. The quantitative estimate of drug-likeness (QED) is 0.860. The zero-order valence-corrected chi connectivity index (χ0v) is 13.8. The maximum Gasteiger partial charge on any atom is 0.161 e. The molecule has 2 heterocycles. The smallest absolute Gasteiger partial charge is 0.161 e. The van der Waals surface area contributed by atoms with E-state index >= 15 is 0 Å². The number of methoxy groups -OCH3 is 3. The van der Waals surface area contributed by atoms with Gasteiger partial charge in [0.1, 0.15) is 0 Å². The lowest BCUT2D eigenvalue weighted by Gasteiger charge is -2.45. The number of hydrogen-bond donors (Lipinski definition) is 1. The van der Waals surface area contributed by atoms with E-state index in [0.717, 1.165) is 31.0 Å². The van der Waals surface area contributed by atoms with Crippen LogP contribution in [-0.2, 0) is 11.3 Å². The minimum absolute atomic E-state index is 0.126. The summed E-state index contributed by atoms with van der Waals surface area (Å²) in [5.74, 6) is 1.61. The lowest BCUT2D eigenvalue weighted by atomic mass is 9.73. The van der Waals surface area contributed by atoms with E-state index in [4.69, 9.17) is 14.2 Å². The molecular weight excluding hydrogens is 294 g/mol. The van der Waals surface area contributed by atoms with Gasteiger partial charge in [0, 0.05) is 32.2 Å². The molecule has 124 valence electrons. The molecular formula is C18H23NO4. The van der Waals surface area contributed by atoms with Gasteiger partial charge in [-0.2, -0.15) is 0 Å². The van der Waals surface area contributed by atoms with Crippen molar-refractivity contribution in [2.45, 2.75) is 37.1 Å². The van der Waals surface area contributed by atoms with Crippen molar-refractivity contribution in [1.82, 2.24) is 4.90 Å². The standard InChI is InChI=1S/C18H23NO4/c1-21-14-7-11-9-19-5-4-10-6-13(20)18(23-3)16(17(10)19)12(11)8-15(14)22-2/h6-8,13,16-18,20H,4-5,9H2,1-3H3/t13-,16-,17-,18-/m1/s1. The summed E-state index contributed by atoms with van der Waals surface area (Å²) in [5, 5.41) is 10.5. The van der Waals surface area contributed by atoms with Crippen LogP contribution in [0.3, 0.4) is 0 Å². The van der Waals surface area contributed by atoms with Crippen molar-refractivity contribution in [2.24, 2.45) is 0 Å². The summed E-state index contributed by atoms with van der Waals surface area (Å²) in [5.41, 5.74) is 3.79. The highest BCUT2D eigenvalue weighted by atomic mass is 16.5. The Morgan fingerprint density at radius 1 is 1.13 bits per heavy atom. The molecule has 23 heavy (non-hydrogen) atoms. The Balaban J connectivity index is 1.88. The fourth-order valence-electron chi connectivity index (χ4n) is 4.55. The van der Waals surface area contributed by atoms with Gasteiger partial charge in [-0.05, 0) is 29.7 Å². The number of ether oxygens (including phenoxy) is 3. The molecule has 0 aromatic heterocycles. The molecule has 1 aromatic rings. The topological polar surface area (TPSA) is 51.2 Å². The van der Waals surface area contributed by atoms with Crippen molar-refractivity contribution in [1.29, 1.82) is 0 Å². The minimum Gasteiger partial charge on any atom is -0.493 e. The van der Waals surface area contributed by atoms with Gasteiger partial charge in [0.25, 0.3) is 0 Å². The molecule has 5 heteroatoms. The second-order valence-corrected chi connectivity index (χ2v) is 6.53. The minimum atomic E-state index is -0.560. The van der Waals surface area contributed by atoms with E-state index in [2.05, 4.69) is 17.0 Å². The number of aliphatic hydroxyl groups excluding tert-OH is 1. The van der Waals surface area contributed by atoms with Crippen LogP contribution in [0.5, 0.6) is 11.5 Å². The third-order valence-electron chi connectivity index (χ3n) is 5.53. The Bertz CT molecular complexity index is 657. The summed E-state index contributed by atoms with van der Waals surface area (Å²) in [6, 6.07) is 4.46. The first-order valence-electron chi connectivity index (χ1n) is 8.08. The number of benzene rings is 1. The SMILES string of the molecule is COc1cc2c(cc1OC)[C@H]1[C@H](OC)[C@H](O)C=C3CCN(C2)[C@H]31. The molecule has 0 saturated carbocycles. The van der Waals surface area contributed by atoms with Crippen molar-refractivity contribution in [3.63, 3.8) is 0 Å². The van der Waals surface area contributed by atoms with E-state index in [-0.39, 0.29) is 12.0 Å². The van der Waals surface area contributed by atoms with Crippen molar-refractivity contribution >= 4 is 0 Å². The lowest BCUT2D eigenvalue weighted by Crippen LogP contribution is -2.50. The predicted molar refractivity (Wildman–Crippen MR) is 86.0 cm³/mol. The molecule has 5 nitrogen and oxygen atoms in total. The van der Waals surface area contributed by atoms with Crippen molar-refractivity contribution in [2.75, 3.05) is 27.9 Å². The van der Waals surface area contributed by atoms with Gasteiger partial charge in [-0.25, -0.2) is 0 Å². The Morgan fingerprint density at radius 3 is 2.57 bits per heavy atom. The highest BCUT2D eigenvalue weighted by Crippen LogP contribution is 2.49. The zero-order chi connectivity index (χ0) is 16.1. The molecule has 1 aliphatic carbocycles. The Hall–Kier alpha value is -1.56. The summed E-state index contributed by atoms with van der Waals surface area (Å²) >= 11 is 0. The summed E-state index contributed by atoms with van der Waals surface area (Å²) in [4.78, 5) is 2.49. The first-order chi connectivity index (χ1) is 11.2. The Labute approximate surface area is 136 Å². The first kappa shape index (κ1) is 15.0. The van der Waals surface area contributed by atoms with Gasteiger partial charge in [0.2, 0.25) is 0 Å². The molecule has 1 saturated heterocycles. The van der Waals surface area contributed by atoms with Crippen LogP contribution in [0.2, 0.25) is 0 Å². The highest BCUT2D eigenvalue weighted by molar-refractivity contribution is 5.52. The number of hydrogen-bond acceptors (Lipinski definition) is 5. The van der Waals surface area contributed by atoms with Crippen molar-refractivity contribution in [3.05, 3.63) is 34.9 Å². The van der Waals surface area contributed by atoms with Crippen LogP contribution in [0.4, 0.5) is 0 Å². The molecule has 1 N–H and O–H groups in total. The van der Waals surface area contributed by atoms with E-state index in [1.807, 2.05) is 6.08 Å². The summed E-state index contributed by atoms with van der Waals surface area (Å²) in [6.07, 6.45) is 2.23. The van der Waals surface area contributed by atoms with Gasteiger partial charge in [-0.1, -0.05) is 11.6 Å². The van der Waals surface area contributed by atoms with Crippen LogP contribution in [0.25, 0.3) is 0 Å². The van der Waals surface area contributed by atoms with Crippen LogP contribution in [0.15, 0.2) is 23.8 Å². The molecule has 1 fully saturated rings. The largest absolute Gasteiger partial charge is 0.493 e. The average Bonchev–Trinajstić information content (AvgIpc) is 2.96. The molecule has 2 aliphatic heterocycles. The van der Waals surface area contributed by atoms with Gasteiger partial charge in [-0.15, -0.1) is 0 Å². The molecule has 0 spiro atoms. The van der Waals surface area contributed by atoms with E-state index in [1.54, 1.807) is 21.3 Å². The lowest BCUT2D eigenvalue weighted by molar-refractivity contribution is -0.0304. The molecule has 0 bridgehead atoms.